The van der Waals surface area contributed by atoms with Gasteiger partial charge in [0.05, 0.1) is 0 Å². The Bertz CT molecular complexity index is 294. The molecule has 1 nitrogen and oxygen atoms in total. The molecule has 0 bridgehead atoms. The Hall–Kier alpha value is -0.820. The monoisotopic (exact) mass is 247 g/mol. The molecule has 0 N–H and O–H groups in total. The second-order valence-corrected chi connectivity index (χ2v) is 5.14. The predicted molar refractivity (Wildman–Crippen MR) is 80.9 cm³/mol. The number of aryl methyl sites for hydroxylation is 1. The summed E-state index contributed by atoms with van der Waals surface area (Å²) in [6.45, 7) is 10.3. The minimum absolute atomic E-state index is 0.908. The molecule has 0 spiro atoms. The zero-order valence-corrected chi connectivity index (χ0v) is 12.4. The van der Waals surface area contributed by atoms with Crippen LogP contribution in [0.15, 0.2) is 30.3 Å². The van der Waals surface area contributed by atoms with Crippen LogP contribution in [0.25, 0.3) is 0 Å². The van der Waals surface area contributed by atoms with Crippen LogP contribution in [0.4, 0.5) is 0 Å². The van der Waals surface area contributed by atoms with E-state index < -0.39 is 0 Å². The SMILES string of the molecule is CC.CC1CCCN(CCCc2ccccc2)C1. The zero-order valence-electron chi connectivity index (χ0n) is 12.4. The van der Waals surface area contributed by atoms with Crippen molar-refractivity contribution in [3.63, 3.8) is 0 Å². The molecular weight excluding hydrogens is 218 g/mol. The minimum Gasteiger partial charge on any atom is -0.303 e. The van der Waals surface area contributed by atoms with Gasteiger partial charge in [-0.15, -0.1) is 0 Å². The molecule has 1 aliphatic heterocycles. The van der Waals surface area contributed by atoms with Crippen LogP contribution in [0, 0.1) is 5.92 Å². The van der Waals surface area contributed by atoms with Gasteiger partial charge in [-0.25, -0.2) is 0 Å². The fraction of sp³-hybridized carbons (Fsp3) is 0.647. The molecule has 1 heteroatoms. The van der Waals surface area contributed by atoms with Crippen molar-refractivity contribution >= 4 is 0 Å². The Morgan fingerprint density at radius 1 is 1.17 bits per heavy atom. The highest BCUT2D eigenvalue weighted by Gasteiger charge is 2.15. The molecule has 0 amide bonds. The van der Waals surface area contributed by atoms with Crippen LogP contribution in [0.2, 0.25) is 0 Å². The Morgan fingerprint density at radius 3 is 2.56 bits per heavy atom. The molecule has 1 aromatic carbocycles. The number of hydrogen-bond donors (Lipinski definition) is 0. The lowest BCUT2D eigenvalue weighted by Gasteiger charge is -2.30. The van der Waals surface area contributed by atoms with Crippen LogP contribution in [0.3, 0.4) is 0 Å². The van der Waals surface area contributed by atoms with E-state index >= 15 is 0 Å². The van der Waals surface area contributed by atoms with E-state index in [2.05, 4.69) is 42.2 Å². The van der Waals surface area contributed by atoms with Crippen molar-refractivity contribution in [2.75, 3.05) is 19.6 Å². The summed E-state index contributed by atoms with van der Waals surface area (Å²) in [5.74, 6) is 0.908. The molecule has 2 rings (SSSR count). The standard InChI is InChI=1S/C15H23N.C2H6/c1-14-7-5-11-16(13-14)12-6-10-15-8-3-2-4-9-15;1-2/h2-4,8-9,14H,5-7,10-13H2,1H3;1-2H3. The van der Waals surface area contributed by atoms with Gasteiger partial charge in [0.25, 0.3) is 0 Å². The fourth-order valence-corrected chi connectivity index (χ4v) is 2.64. The molecule has 18 heavy (non-hydrogen) atoms. The summed E-state index contributed by atoms with van der Waals surface area (Å²) < 4.78 is 0. The van der Waals surface area contributed by atoms with E-state index in [-0.39, 0.29) is 0 Å². The molecule has 1 saturated heterocycles. The van der Waals surface area contributed by atoms with Crippen molar-refractivity contribution in [1.29, 1.82) is 0 Å². The van der Waals surface area contributed by atoms with Crippen LogP contribution in [0.1, 0.15) is 45.6 Å². The van der Waals surface area contributed by atoms with Crippen molar-refractivity contribution in [2.24, 2.45) is 5.92 Å². The average Bonchev–Trinajstić information content (AvgIpc) is 2.42. The number of likely N-dealkylation sites (tertiary alicyclic amines) is 1. The Morgan fingerprint density at radius 2 is 1.89 bits per heavy atom. The first-order valence-electron chi connectivity index (χ1n) is 7.61. The molecule has 0 saturated carbocycles. The zero-order chi connectivity index (χ0) is 13.2. The highest BCUT2D eigenvalue weighted by atomic mass is 15.1. The van der Waals surface area contributed by atoms with Crippen LogP contribution in [-0.4, -0.2) is 24.5 Å². The normalized spacial score (nSPS) is 20.1. The largest absolute Gasteiger partial charge is 0.303 e. The highest BCUT2D eigenvalue weighted by molar-refractivity contribution is 5.14. The minimum atomic E-state index is 0.908. The maximum absolute atomic E-state index is 2.64. The van der Waals surface area contributed by atoms with Gasteiger partial charge < -0.3 is 4.90 Å². The first-order chi connectivity index (χ1) is 8.84. The molecule has 1 aromatic rings. The summed E-state index contributed by atoms with van der Waals surface area (Å²) in [6.07, 6.45) is 5.35. The van der Waals surface area contributed by atoms with Gasteiger partial charge in [0.15, 0.2) is 0 Å². The van der Waals surface area contributed by atoms with Gasteiger partial charge in [-0.1, -0.05) is 51.1 Å². The quantitative estimate of drug-likeness (QED) is 0.763. The maximum Gasteiger partial charge on any atom is 0.000703 e. The van der Waals surface area contributed by atoms with Gasteiger partial charge in [-0.05, 0) is 50.3 Å². The topological polar surface area (TPSA) is 3.24 Å². The van der Waals surface area contributed by atoms with Crippen molar-refractivity contribution in [2.45, 2.75) is 46.5 Å². The van der Waals surface area contributed by atoms with Crippen LogP contribution < -0.4 is 0 Å². The summed E-state index contributed by atoms with van der Waals surface area (Å²) in [4.78, 5) is 2.64. The molecule has 1 unspecified atom stereocenters. The van der Waals surface area contributed by atoms with Gasteiger partial charge in [0.1, 0.15) is 0 Å². The second-order valence-electron chi connectivity index (χ2n) is 5.14. The van der Waals surface area contributed by atoms with E-state index in [9.17, 15) is 0 Å². The number of hydrogen-bond acceptors (Lipinski definition) is 1. The lowest BCUT2D eigenvalue weighted by Crippen LogP contribution is -2.35. The van der Waals surface area contributed by atoms with E-state index in [1.807, 2.05) is 13.8 Å². The predicted octanol–water partition coefficient (Wildman–Crippen LogP) is 4.38. The van der Waals surface area contributed by atoms with Crippen LogP contribution >= 0.6 is 0 Å². The van der Waals surface area contributed by atoms with E-state index in [0.717, 1.165) is 5.92 Å². The van der Waals surface area contributed by atoms with Gasteiger partial charge in [0, 0.05) is 6.54 Å². The van der Waals surface area contributed by atoms with Gasteiger partial charge >= 0.3 is 0 Å². The molecule has 0 aliphatic carbocycles. The third-order valence-corrected chi connectivity index (χ3v) is 3.52. The van der Waals surface area contributed by atoms with E-state index in [4.69, 9.17) is 0 Å². The lowest BCUT2D eigenvalue weighted by molar-refractivity contribution is 0.182. The molecular formula is C17H29N. The second kappa shape index (κ2) is 9.16. The number of benzene rings is 1. The van der Waals surface area contributed by atoms with Gasteiger partial charge in [-0.2, -0.15) is 0 Å². The number of rotatable bonds is 4. The molecule has 102 valence electrons. The molecule has 1 heterocycles. The average molecular weight is 247 g/mol. The lowest BCUT2D eigenvalue weighted by atomic mass is 10.00. The molecule has 1 fully saturated rings. The summed E-state index contributed by atoms with van der Waals surface area (Å²) in [6, 6.07) is 10.8. The van der Waals surface area contributed by atoms with Crippen molar-refractivity contribution in [3.8, 4) is 0 Å². The smallest absolute Gasteiger partial charge is 0.000703 e. The first kappa shape index (κ1) is 15.2. The van der Waals surface area contributed by atoms with Crippen molar-refractivity contribution < 1.29 is 0 Å². The summed E-state index contributed by atoms with van der Waals surface area (Å²) in [5, 5.41) is 0. The number of piperidine rings is 1. The van der Waals surface area contributed by atoms with E-state index in [0.29, 0.717) is 0 Å². The molecule has 0 radical (unpaired) electrons. The molecule has 0 aromatic heterocycles. The van der Waals surface area contributed by atoms with Crippen LogP contribution in [0.5, 0.6) is 0 Å². The maximum atomic E-state index is 2.64. The highest BCUT2D eigenvalue weighted by Crippen LogP contribution is 2.15. The van der Waals surface area contributed by atoms with Crippen LogP contribution in [-0.2, 0) is 6.42 Å². The fourth-order valence-electron chi connectivity index (χ4n) is 2.64. The van der Waals surface area contributed by atoms with Crippen molar-refractivity contribution in [3.05, 3.63) is 35.9 Å². The molecule has 1 aliphatic rings. The Balaban J connectivity index is 0.000000771. The summed E-state index contributed by atoms with van der Waals surface area (Å²) in [5.41, 5.74) is 1.48. The third-order valence-electron chi connectivity index (χ3n) is 3.52. The number of nitrogens with zero attached hydrogens (tertiary/aromatic N) is 1. The van der Waals surface area contributed by atoms with Crippen molar-refractivity contribution in [1.82, 2.24) is 4.90 Å². The van der Waals surface area contributed by atoms with E-state index in [1.54, 1.807) is 0 Å². The summed E-state index contributed by atoms with van der Waals surface area (Å²) >= 11 is 0. The third kappa shape index (κ3) is 5.68. The first-order valence-corrected chi connectivity index (χ1v) is 7.61. The summed E-state index contributed by atoms with van der Waals surface area (Å²) in [7, 11) is 0. The Labute approximate surface area is 113 Å². The molecule has 1 atom stereocenters. The Kier molecular flexibility index (Phi) is 7.75. The van der Waals surface area contributed by atoms with E-state index in [1.165, 1.54) is 50.9 Å². The van der Waals surface area contributed by atoms with Gasteiger partial charge in [-0.3, -0.25) is 0 Å². The van der Waals surface area contributed by atoms with Gasteiger partial charge in [0.2, 0.25) is 0 Å².